The van der Waals surface area contributed by atoms with Crippen LogP contribution in [-0.4, -0.2) is 14.5 Å². The molecule has 0 amide bonds. The first-order chi connectivity index (χ1) is 25.8. The highest BCUT2D eigenvalue weighted by Crippen LogP contribution is 2.51. The Morgan fingerprint density at radius 2 is 1.02 bits per heavy atom. The molecule has 52 heavy (non-hydrogen) atoms. The number of nitrogens with zero attached hydrogens (tertiary/aromatic N) is 3. The second-order valence-electron chi connectivity index (χ2n) is 13.6. The Labute approximate surface area is 301 Å². The van der Waals surface area contributed by atoms with Gasteiger partial charge in [0.2, 0.25) is 5.95 Å². The first-order valence-corrected chi connectivity index (χ1v) is 18.5. The van der Waals surface area contributed by atoms with Crippen LogP contribution in [0.15, 0.2) is 164 Å². The summed E-state index contributed by atoms with van der Waals surface area (Å²) in [5, 5.41) is 16.0. The fourth-order valence-electron chi connectivity index (χ4n) is 8.83. The highest BCUT2D eigenvalue weighted by Gasteiger charge is 2.25. The quantitative estimate of drug-likeness (QED) is 0.171. The average Bonchev–Trinajstić information content (AvgIpc) is 3.78. The van der Waals surface area contributed by atoms with Crippen LogP contribution in [0.2, 0.25) is 0 Å². The van der Waals surface area contributed by atoms with Crippen molar-refractivity contribution in [2.75, 3.05) is 0 Å². The normalized spacial score (nSPS) is 12.2. The van der Waals surface area contributed by atoms with E-state index in [1.165, 1.54) is 68.6 Å². The maximum atomic E-state index is 5.59. The number of aromatic nitrogens is 3. The number of hydrogen-bond donors (Lipinski definition) is 0. The van der Waals surface area contributed by atoms with Crippen molar-refractivity contribution in [1.82, 2.24) is 14.5 Å². The summed E-state index contributed by atoms with van der Waals surface area (Å²) >= 11 is 1.90. The third-order valence-corrected chi connectivity index (χ3v) is 12.1. The molecule has 0 N–H and O–H groups in total. The predicted molar refractivity (Wildman–Crippen MR) is 222 cm³/mol. The van der Waals surface area contributed by atoms with E-state index < -0.39 is 0 Å². The van der Waals surface area contributed by atoms with Crippen molar-refractivity contribution in [3.05, 3.63) is 164 Å². The van der Waals surface area contributed by atoms with Gasteiger partial charge in [-0.2, -0.15) is 0 Å². The number of benzene rings is 9. The Morgan fingerprint density at radius 1 is 0.404 bits per heavy atom. The lowest BCUT2D eigenvalue weighted by molar-refractivity contribution is 1.02. The molecule has 0 spiro atoms. The van der Waals surface area contributed by atoms with E-state index in [9.17, 15) is 0 Å². The van der Waals surface area contributed by atoms with Gasteiger partial charge in [0.05, 0.1) is 22.2 Å². The van der Waals surface area contributed by atoms with E-state index in [4.69, 9.17) is 9.97 Å². The third kappa shape index (κ3) is 3.69. The van der Waals surface area contributed by atoms with Crippen molar-refractivity contribution in [2.24, 2.45) is 0 Å². The zero-order valence-corrected chi connectivity index (χ0v) is 28.7. The summed E-state index contributed by atoms with van der Waals surface area (Å²) in [5.41, 5.74) is 5.16. The minimum atomic E-state index is 0.670. The summed E-state index contributed by atoms with van der Waals surface area (Å²) < 4.78 is 4.99. The van der Waals surface area contributed by atoms with Gasteiger partial charge in [0, 0.05) is 58.1 Å². The van der Waals surface area contributed by atoms with Crippen LogP contribution in [0.1, 0.15) is 0 Å². The van der Waals surface area contributed by atoms with Gasteiger partial charge >= 0.3 is 0 Å². The molecule has 4 heteroatoms. The van der Waals surface area contributed by atoms with E-state index >= 15 is 0 Å². The van der Waals surface area contributed by atoms with Gasteiger partial charge in [-0.25, -0.2) is 9.97 Å². The zero-order valence-electron chi connectivity index (χ0n) is 27.8. The summed E-state index contributed by atoms with van der Waals surface area (Å²) in [4.78, 5) is 11.1. The van der Waals surface area contributed by atoms with Crippen molar-refractivity contribution in [1.29, 1.82) is 0 Å². The fraction of sp³-hybridized carbons (Fsp3) is 0. The molecule has 0 fully saturated rings. The van der Waals surface area contributed by atoms with E-state index in [1.807, 2.05) is 11.3 Å². The highest BCUT2D eigenvalue weighted by atomic mass is 32.1. The minimum absolute atomic E-state index is 0.670. The number of rotatable bonds is 2. The summed E-state index contributed by atoms with van der Waals surface area (Å²) in [6.07, 6.45) is 0. The molecule has 0 saturated carbocycles. The number of thiophene rings is 1. The molecule has 12 aromatic rings. The SMILES string of the molecule is c1ccc(-c2nc(-n3c4ccccc4c4c5ccccc5c5c6c7ccccc7sc6c6ccccc6c5c43)nc3ccc4ccccc4c23)cc1. The monoisotopic (exact) mass is 677 g/mol. The molecule has 0 radical (unpaired) electrons. The lowest BCUT2D eigenvalue weighted by Crippen LogP contribution is -2.04. The van der Waals surface area contributed by atoms with Crippen LogP contribution < -0.4 is 0 Å². The topological polar surface area (TPSA) is 30.7 Å². The maximum absolute atomic E-state index is 5.59. The van der Waals surface area contributed by atoms with Crippen molar-refractivity contribution in [3.8, 4) is 17.2 Å². The molecule has 3 nitrogen and oxygen atoms in total. The van der Waals surface area contributed by atoms with Crippen LogP contribution in [0.3, 0.4) is 0 Å². The molecular formula is C48H27N3S. The van der Waals surface area contributed by atoms with Crippen molar-refractivity contribution in [2.45, 2.75) is 0 Å². The maximum Gasteiger partial charge on any atom is 0.235 e. The highest BCUT2D eigenvalue weighted by molar-refractivity contribution is 7.27. The molecule has 0 aliphatic rings. The molecule has 9 aromatic carbocycles. The van der Waals surface area contributed by atoms with E-state index in [1.54, 1.807) is 0 Å². The number of para-hydroxylation sites is 1. The van der Waals surface area contributed by atoms with Gasteiger partial charge in [0.25, 0.3) is 0 Å². The molecule has 3 aromatic heterocycles. The number of hydrogen-bond acceptors (Lipinski definition) is 3. The van der Waals surface area contributed by atoms with E-state index in [0.29, 0.717) is 5.95 Å². The van der Waals surface area contributed by atoms with Crippen molar-refractivity contribution in [3.63, 3.8) is 0 Å². The second-order valence-corrected chi connectivity index (χ2v) is 14.7. The standard InChI is InChI=1S/C48H27N3S/c1-2-15-29(16-3-1)45-41-30-17-5-4-14-28(30)26-27-37(41)49-48(50-45)51-38-24-12-10-22-35(38)40-31-18-6-7-19-32(31)42-43(46(40)51)33-20-8-9-21-34(33)47-44(42)36-23-11-13-25-39(36)52-47/h1-27H. The summed E-state index contributed by atoms with van der Waals surface area (Å²) in [6, 6.07) is 59.1. The molecule has 0 atom stereocenters. The van der Waals surface area contributed by atoms with Crippen LogP contribution in [0.4, 0.5) is 0 Å². The first kappa shape index (κ1) is 28.1. The van der Waals surface area contributed by atoms with Gasteiger partial charge in [-0.05, 0) is 45.1 Å². The summed E-state index contributed by atoms with van der Waals surface area (Å²) in [5.74, 6) is 0.670. The van der Waals surface area contributed by atoms with Gasteiger partial charge in [-0.1, -0.05) is 146 Å². The third-order valence-electron chi connectivity index (χ3n) is 10.9. The fourth-order valence-corrected chi connectivity index (χ4v) is 10.1. The van der Waals surface area contributed by atoms with Gasteiger partial charge < -0.3 is 0 Å². The van der Waals surface area contributed by atoms with Gasteiger partial charge in [0.15, 0.2) is 0 Å². The lowest BCUT2D eigenvalue weighted by Gasteiger charge is -2.16. The van der Waals surface area contributed by atoms with Crippen LogP contribution >= 0.6 is 11.3 Å². The van der Waals surface area contributed by atoms with Crippen LogP contribution in [-0.2, 0) is 0 Å². The molecule has 0 unspecified atom stereocenters. The zero-order chi connectivity index (χ0) is 33.9. The largest absolute Gasteiger partial charge is 0.277 e. The van der Waals surface area contributed by atoms with Gasteiger partial charge in [-0.3, -0.25) is 4.57 Å². The predicted octanol–water partition coefficient (Wildman–Crippen LogP) is 13.4. The number of fused-ring (bicyclic) bond motifs is 18. The molecule has 0 saturated heterocycles. The van der Waals surface area contributed by atoms with Crippen LogP contribution in [0.5, 0.6) is 0 Å². The first-order valence-electron chi connectivity index (χ1n) is 17.7. The Kier molecular flexibility index (Phi) is 5.65. The second kappa shape index (κ2) is 10.5. The van der Waals surface area contributed by atoms with E-state index in [0.717, 1.165) is 38.6 Å². The van der Waals surface area contributed by atoms with Crippen molar-refractivity contribution < 1.29 is 0 Å². The smallest absolute Gasteiger partial charge is 0.235 e. The summed E-state index contributed by atoms with van der Waals surface area (Å²) in [7, 11) is 0. The van der Waals surface area contributed by atoms with Crippen LogP contribution in [0.25, 0.3) is 113 Å². The molecule has 240 valence electrons. The minimum Gasteiger partial charge on any atom is -0.277 e. The molecular weight excluding hydrogens is 651 g/mol. The molecule has 3 heterocycles. The Balaban J connectivity index is 1.37. The Morgan fingerprint density at radius 3 is 1.83 bits per heavy atom. The Bertz CT molecular complexity index is 3470. The van der Waals surface area contributed by atoms with E-state index in [-0.39, 0.29) is 0 Å². The molecule has 0 aliphatic heterocycles. The van der Waals surface area contributed by atoms with Gasteiger partial charge in [-0.15, -0.1) is 11.3 Å². The van der Waals surface area contributed by atoms with Gasteiger partial charge in [0.1, 0.15) is 0 Å². The molecule has 12 rings (SSSR count). The molecule has 0 bridgehead atoms. The van der Waals surface area contributed by atoms with Crippen molar-refractivity contribution >= 4 is 107 Å². The average molecular weight is 678 g/mol. The lowest BCUT2D eigenvalue weighted by atomic mass is 9.90. The Hall–Kier alpha value is -6.62. The summed E-state index contributed by atoms with van der Waals surface area (Å²) in [6.45, 7) is 0. The molecule has 0 aliphatic carbocycles. The van der Waals surface area contributed by atoms with Crippen LogP contribution in [0, 0.1) is 0 Å². The van der Waals surface area contributed by atoms with E-state index in [2.05, 4.69) is 168 Å².